The van der Waals surface area contributed by atoms with Crippen LogP contribution in [0.1, 0.15) is 63.4 Å². The molecule has 1 atom stereocenters. The minimum absolute atomic E-state index is 0.0879. The predicted molar refractivity (Wildman–Crippen MR) is 114 cm³/mol. The van der Waals surface area contributed by atoms with E-state index in [2.05, 4.69) is 48.1 Å². The van der Waals surface area contributed by atoms with E-state index >= 15 is 0 Å². The van der Waals surface area contributed by atoms with Crippen molar-refractivity contribution in [3.05, 3.63) is 41.1 Å². The van der Waals surface area contributed by atoms with Crippen molar-refractivity contribution in [1.82, 2.24) is 20.0 Å². The molecule has 3 heterocycles. The van der Waals surface area contributed by atoms with Gasteiger partial charge in [0.15, 0.2) is 0 Å². The molecule has 1 amide bonds. The third-order valence-corrected chi connectivity index (χ3v) is 5.68. The highest BCUT2D eigenvalue weighted by Gasteiger charge is 2.34. The molecule has 2 aromatic rings. The lowest BCUT2D eigenvalue weighted by Crippen LogP contribution is -2.42. The second-order valence-corrected chi connectivity index (χ2v) is 9.40. The molecule has 4 rings (SSSR count). The van der Waals surface area contributed by atoms with E-state index in [9.17, 15) is 4.79 Å². The molecule has 29 heavy (non-hydrogen) atoms. The van der Waals surface area contributed by atoms with Gasteiger partial charge in [0.05, 0.1) is 24.0 Å². The summed E-state index contributed by atoms with van der Waals surface area (Å²) in [7, 11) is 0. The second-order valence-electron chi connectivity index (χ2n) is 9.40. The molecule has 0 bridgehead atoms. The summed E-state index contributed by atoms with van der Waals surface area (Å²) in [5.41, 5.74) is 5.66. The maximum Gasteiger partial charge on any atom is 0.410 e. The molecule has 6 nitrogen and oxygen atoms in total. The van der Waals surface area contributed by atoms with E-state index in [1.807, 2.05) is 25.7 Å². The zero-order valence-electron chi connectivity index (χ0n) is 18.2. The van der Waals surface area contributed by atoms with Gasteiger partial charge in [-0.2, -0.15) is 5.10 Å². The Morgan fingerprint density at radius 2 is 1.93 bits per heavy atom. The average molecular weight is 397 g/mol. The van der Waals surface area contributed by atoms with Crippen LogP contribution in [0.15, 0.2) is 24.3 Å². The van der Waals surface area contributed by atoms with Crippen LogP contribution < -0.4 is 5.32 Å². The normalized spacial score (nSPS) is 19.1. The van der Waals surface area contributed by atoms with Crippen LogP contribution in [-0.2, 0) is 17.7 Å². The number of carbonyl (C=O) groups excluding carboxylic acids is 1. The summed E-state index contributed by atoms with van der Waals surface area (Å²) in [6.07, 6.45) is 0.709. The van der Waals surface area contributed by atoms with Gasteiger partial charge >= 0.3 is 6.09 Å². The van der Waals surface area contributed by atoms with Crippen molar-refractivity contribution in [3.63, 3.8) is 0 Å². The number of hydrogen-bond acceptors (Lipinski definition) is 4. The van der Waals surface area contributed by atoms with Gasteiger partial charge in [0.1, 0.15) is 5.60 Å². The largest absolute Gasteiger partial charge is 0.444 e. The fourth-order valence-corrected chi connectivity index (χ4v) is 4.22. The third-order valence-electron chi connectivity index (χ3n) is 5.68. The Morgan fingerprint density at radius 1 is 1.21 bits per heavy atom. The van der Waals surface area contributed by atoms with Crippen LogP contribution in [0.25, 0.3) is 11.3 Å². The van der Waals surface area contributed by atoms with Crippen LogP contribution in [0.5, 0.6) is 0 Å². The molecule has 1 unspecified atom stereocenters. The zero-order valence-corrected chi connectivity index (χ0v) is 18.2. The highest BCUT2D eigenvalue weighted by molar-refractivity contribution is 5.69. The number of carbonyl (C=O) groups is 1. The number of nitrogens with zero attached hydrogens (tertiary/aromatic N) is 3. The highest BCUT2D eigenvalue weighted by Crippen LogP contribution is 2.34. The lowest BCUT2D eigenvalue weighted by Gasteiger charge is -2.30. The van der Waals surface area contributed by atoms with Crippen molar-refractivity contribution in [1.29, 1.82) is 0 Å². The molecule has 0 spiro atoms. The second kappa shape index (κ2) is 7.48. The van der Waals surface area contributed by atoms with E-state index < -0.39 is 5.60 Å². The minimum Gasteiger partial charge on any atom is -0.444 e. The number of amides is 1. The molecule has 156 valence electrons. The molecule has 2 aliphatic rings. The third kappa shape index (κ3) is 4.04. The minimum atomic E-state index is -0.489. The van der Waals surface area contributed by atoms with Crippen LogP contribution in [0.4, 0.5) is 4.79 Å². The van der Waals surface area contributed by atoms with E-state index in [0.717, 1.165) is 18.7 Å². The topological polar surface area (TPSA) is 59.4 Å². The number of aromatic nitrogens is 2. The SMILES string of the molecule is CC(C)c1ccc(-c2nn3c4c2CCNC4CN(C(=O)OC(C)(C)C)CC3)cc1. The van der Waals surface area contributed by atoms with Gasteiger partial charge in [0.25, 0.3) is 0 Å². The van der Waals surface area contributed by atoms with Crippen molar-refractivity contribution >= 4 is 6.09 Å². The van der Waals surface area contributed by atoms with Crippen molar-refractivity contribution in [2.75, 3.05) is 19.6 Å². The van der Waals surface area contributed by atoms with Gasteiger partial charge in [0, 0.05) is 30.8 Å². The van der Waals surface area contributed by atoms with E-state index in [1.165, 1.54) is 22.4 Å². The summed E-state index contributed by atoms with van der Waals surface area (Å²) in [6.45, 7) is 12.9. The highest BCUT2D eigenvalue weighted by atomic mass is 16.6. The van der Waals surface area contributed by atoms with E-state index in [-0.39, 0.29) is 12.1 Å². The number of rotatable bonds is 2. The molecule has 1 aromatic carbocycles. The Hall–Kier alpha value is -2.34. The van der Waals surface area contributed by atoms with Crippen molar-refractivity contribution in [2.45, 2.75) is 65.1 Å². The van der Waals surface area contributed by atoms with Gasteiger partial charge in [-0.1, -0.05) is 38.1 Å². The van der Waals surface area contributed by atoms with Gasteiger partial charge in [-0.25, -0.2) is 4.79 Å². The smallest absolute Gasteiger partial charge is 0.410 e. The Bertz CT molecular complexity index is 893. The quantitative estimate of drug-likeness (QED) is 0.830. The molecular weight excluding hydrogens is 364 g/mol. The fourth-order valence-electron chi connectivity index (χ4n) is 4.22. The Morgan fingerprint density at radius 3 is 2.59 bits per heavy atom. The average Bonchev–Trinajstić information content (AvgIpc) is 2.92. The van der Waals surface area contributed by atoms with E-state index in [1.54, 1.807) is 0 Å². The summed E-state index contributed by atoms with van der Waals surface area (Å²) >= 11 is 0. The van der Waals surface area contributed by atoms with Crippen molar-refractivity contribution < 1.29 is 9.53 Å². The van der Waals surface area contributed by atoms with Gasteiger partial charge in [-0.15, -0.1) is 0 Å². The number of nitrogens with one attached hydrogen (secondary N) is 1. The molecule has 1 aromatic heterocycles. The van der Waals surface area contributed by atoms with E-state index in [0.29, 0.717) is 25.6 Å². The molecule has 0 saturated carbocycles. The van der Waals surface area contributed by atoms with E-state index in [4.69, 9.17) is 9.84 Å². The zero-order chi connectivity index (χ0) is 20.8. The lowest BCUT2D eigenvalue weighted by atomic mass is 9.95. The van der Waals surface area contributed by atoms with Crippen LogP contribution in [0, 0.1) is 0 Å². The summed E-state index contributed by atoms with van der Waals surface area (Å²) in [5.74, 6) is 0.522. The van der Waals surface area contributed by atoms with Crippen molar-refractivity contribution in [3.8, 4) is 11.3 Å². The Kier molecular flexibility index (Phi) is 5.15. The van der Waals surface area contributed by atoms with Crippen LogP contribution in [0.2, 0.25) is 0 Å². The molecule has 0 saturated heterocycles. The summed E-state index contributed by atoms with van der Waals surface area (Å²) in [6, 6.07) is 8.89. The van der Waals surface area contributed by atoms with Gasteiger partial charge in [-0.3, -0.25) is 4.68 Å². The first-order valence-electron chi connectivity index (χ1n) is 10.6. The number of benzene rings is 1. The fraction of sp³-hybridized carbons (Fsp3) is 0.565. The lowest BCUT2D eigenvalue weighted by molar-refractivity contribution is 0.0235. The maximum absolute atomic E-state index is 12.6. The van der Waals surface area contributed by atoms with Gasteiger partial charge < -0.3 is 15.0 Å². The van der Waals surface area contributed by atoms with Gasteiger partial charge in [-0.05, 0) is 38.7 Å². The molecule has 6 heteroatoms. The van der Waals surface area contributed by atoms with Gasteiger partial charge in [0.2, 0.25) is 0 Å². The molecule has 0 aliphatic carbocycles. The summed E-state index contributed by atoms with van der Waals surface area (Å²) in [5, 5.41) is 8.57. The molecule has 1 N–H and O–H groups in total. The molecule has 0 fully saturated rings. The monoisotopic (exact) mass is 396 g/mol. The first kappa shape index (κ1) is 20.0. The Balaban J connectivity index is 1.62. The summed E-state index contributed by atoms with van der Waals surface area (Å²) in [4.78, 5) is 14.4. The predicted octanol–water partition coefficient (Wildman–Crippen LogP) is 4.11. The first-order valence-corrected chi connectivity index (χ1v) is 10.6. The standard InChI is InChI=1S/C23H32N4O2/c1-15(2)16-6-8-17(9-7-16)20-18-10-11-24-19-14-26(22(28)29-23(3,4)5)12-13-27(25-20)21(18)19/h6-9,15,19,24H,10-14H2,1-5H3. The Labute approximate surface area is 173 Å². The maximum atomic E-state index is 12.6. The van der Waals surface area contributed by atoms with Crippen LogP contribution in [0.3, 0.4) is 0 Å². The van der Waals surface area contributed by atoms with Crippen molar-refractivity contribution in [2.24, 2.45) is 0 Å². The van der Waals surface area contributed by atoms with Crippen LogP contribution >= 0.6 is 0 Å². The first-order chi connectivity index (χ1) is 13.7. The van der Waals surface area contributed by atoms with Crippen LogP contribution in [-0.4, -0.2) is 46.0 Å². The molecule has 2 aliphatic heterocycles. The summed E-state index contributed by atoms with van der Waals surface area (Å²) < 4.78 is 7.70. The molecule has 0 radical (unpaired) electrons. The molecular formula is C23H32N4O2. The number of hydrogen-bond donors (Lipinski definition) is 1. The number of ether oxygens (including phenoxy) is 1.